The van der Waals surface area contributed by atoms with Gasteiger partial charge in [-0.25, -0.2) is 14.5 Å². The number of benzene rings is 2. The standard InChI is InChI=1S/C20H13ClIN3O2/c21-15-5-1-2-6-17(15)27-12-19-24-16-11-13(22)8-9-14(16)20(26)25(19)18-7-3-4-10-23-18/h1-11H,12H2. The van der Waals surface area contributed by atoms with E-state index in [1.54, 1.807) is 36.5 Å². The largest absolute Gasteiger partial charge is 0.484 e. The number of nitrogens with zero attached hydrogens (tertiary/aromatic N) is 3. The molecule has 0 N–H and O–H groups in total. The molecule has 4 aromatic rings. The first-order chi connectivity index (χ1) is 13.1. The molecule has 0 aliphatic carbocycles. The van der Waals surface area contributed by atoms with E-state index in [-0.39, 0.29) is 12.2 Å². The number of hydrogen-bond acceptors (Lipinski definition) is 4. The van der Waals surface area contributed by atoms with E-state index in [1.807, 2.05) is 30.3 Å². The Hall–Kier alpha value is -2.45. The zero-order valence-corrected chi connectivity index (χ0v) is 16.9. The van der Waals surface area contributed by atoms with Crippen molar-refractivity contribution in [1.29, 1.82) is 0 Å². The molecule has 0 bridgehead atoms. The van der Waals surface area contributed by atoms with Gasteiger partial charge in [-0.2, -0.15) is 0 Å². The van der Waals surface area contributed by atoms with Gasteiger partial charge in [-0.3, -0.25) is 4.79 Å². The van der Waals surface area contributed by atoms with E-state index in [4.69, 9.17) is 16.3 Å². The van der Waals surface area contributed by atoms with Crippen LogP contribution in [0.5, 0.6) is 5.75 Å². The predicted molar refractivity (Wildman–Crippen MR) is 114 cm³/mol. The molecule has 0 aliphatic rings. The molecular formula is C20H13ClIN3O2. The number of fused-ring (bicyclic) bond motifs is 1. The summed E-state index contributed by atoms with van der Waals surface area (Å²) in [7, 11) is 0. The first-order valence-corrected chi connectivity index (χ1v) is 9.59. The third-order valence-corrected chi connectivity index (χ3v) is 4.96. The quantitative estimate of drug-likeness (QED) is 0.393. The fraction of sp³-hybridized carbons (Fsp3) is 0.0500. The molecule has 134 valence electrons. The van der Waals surface area contributed by atoms with Crippen molar-refractivity contribution in [2.45, 2.75) is 6.61 Å². The van der Waals surface area contributed by atoms with Gasteiger partial charge < -0.3 is 4.74 Å². The van der Waals surface area contributed by atoms with E-state index in [9.17, 15) is 4.79 Å². The van der Waals surface area contributed by atoms with Crippen LogP contribution in [0.3, 0.4) is 0 Å². The molecule has 0 atom stereocenters. The van der Waals surface area contributed by atoms with Crippen molar-refractivity contribution >= 4 is 45.1 Å². The van der Waals surface area contributed by atoms with Crippen molar-refractivity contribution < 1.29 is 4.74 Å². The van der Waals surface area contributed by atoms with Gasteiger partial charge in [-0.05, 0) is 65.1 Å². The third-order valence-electron chi connectivity index (χ3n) is 3.97. The lowest BCUT2D eigenvalue weighted by Crippen LogP contribution is -2.25. The first-order valence-electron chi connectivity index (χ1n) is 8.13. The van der Waals surface area contributed by atoms with Gasteiger partial charge in [0, 0.05) is 9.77 Å². The SMILES string of the molecule is O=c1c2ccc(I)cc2nc(COc2ccccc2Cl)n1-c1ccccn1. The van der Waals surface area contributed by atoms with Crippen LogP contribution in [0.1, 0.15) is 5.82 Å². The maximum atomic E-state index is 13.1. The van der Waals surface area contributed by atoms with E-state index in [1.165, 1.54) is 4.57 Å². The van der Waals surface area contributed by atoms with Gasteiger partial charge in [-0.1, -0.05) is 29.8 Å². The minimum atomic E-state index is -0.187. The lowest BCUT2D eigenvalue weighted by Gasteiger charge is -2.14. The fourth-order valence-corrected chi connectivity index (χ4v) is 3.39. The maximum absolute atomic E-state index is 13.1. The molecule has 0 fully saturated rings. The van der Waals surface area contributed by atoms with Crippen molar-refractivity contribution in [2.75, 3.05) is 0 Å². The normalized spacial score (nSPS) is 10.9. The molecule has 2 heterocycles. The molecule has 2 aromatic heterocycles. The Morgan fingerprint density at radius 3 is 2.67 bits per heavy atom. The van der Waals surface area contributed by atoms with Crippen LogP contribution in [0.15, 0.2) is 71.7 Å². The highest BCUT2D eigenvalue weighted by molar-refractivity contribution is 14.1. The lowest BCUT2D eigenvalue weighted by molar-refractivity contribution is 0.292. The number of rotatable bonds is 4. The van der Waals surface area contributed by atoms with Gasteiger partial charge in [0.1, 0.15) is 18.2 Å². The summed E-state index contributed by atoms with van der Waals surface area (Å²) in [5, 5.41) is 1.03. The molecule has 7 heteroatoms. The zero-order chi connectivity index (χ0) is 18.8. The van der Waals surface area contributed by atoms with Gasteiger partial charge in [0.2, 0.25) is 0 Å². The molecule has 0 saturated heterocycles. The first kappa shape index (κ1) is 17.9. The lowest BCUT2D eigenvalue weighted by atomic mass is 10.2. The van der Waals surface area contributed by atoms with Crippen LogP contribution in [0.4, 0.5) is 0 Å². The molecule has 5 nitrogen and oxygen atoms in total. The molecule has 0 amide bonds. The van der Waals surface area contributed by atoms with Crippen molar-refractivity contribution in [1.82, 2.24) is 14.5 Å². The maximum Gasteiger partial charge on any atom is 0.267 e. The summed E-state index contributed by atoms with van der Waals surface area (Å²) in [5.74, 6) is 1.48. The van der Waals surface area contributed by atoms with Crippen LogP contribution in [0, 0.1) is 3.57 Å². The summed E-state index contributed by atoms with van der Waals surface area (Å²) in [6.07, 6.45) is 1.64. The van der Waals surface area contributed by atoms with Crippen LogP contribution in [-0.4, -0.2) is 14.5 Å². The van der Waals surface area contributed by atoms with Crippen molar-refractivity contribution in [3.63, 3.8) is 0 Å². The molecule has 0 radical (unpaired) electrons. The molecule has 0 unspecified atom stereocenters. The van der Waals surface area contributed by atoms with Gasteiger partial charge in [0.05, 0.1) is 15.9 Å². The summed E-state index contributed by atoms with van der Waals surface area (Å²) in [6, 6.07) is 18.1. The molecule has 4 rings (SSSR count). The van der Waals surface area contributed by atoms with Gasteiger partial charge in [-0.15, -0.1) is 0 Å². The Labute approximate surface area is 173 Å². The smallest absolute Gasteiger partial charge is 0.267 e. The monoisotopic (exact) mass is 489 g/mol. The summed E-state index contributed by atoms with van der Waals surface area (Å²) in [4.78, 5) is 22.1. The van der Waals surface area contributed by atoms with Crippen LogP contribution in [-0.2, 0) is 6.61 Å². The number of pyridine rings is 1. The Morgan fingerprint density at radius 2 is 1.89 bits per heavy atom. The minimum absolute atomic E-state index is 0.0803. The van der Waals surface area contributed by atoms with Crippen molar-refractivity contribution in [2.24, 2.45) is 0 Å². The van der Waals surface area contributed by atoms with Crippen LogP contribution < -0.4 is 10.3 Å². The second-order valence-corrected chi connectivity index (χ2v) is 7.39. The number of halogens is 2. The highest BCUT2D eigenvalue weighted by Gasteiger charge is 2.15. The number of aromatic nitrogens is 3. The molecule has 0 aliphatic heterocycles. The molecular weight excluding hydrogens is 477 g/mol. The molecule has 0 spiro atoms. The van der Waals surface area contributed by atoms with E-state index in [2.05, 4.69) is 32.6 Å². The summed E-state index contributed by atoms with van der Waals surface area (Å²) >= 11 is 8.36. The van der Waals surface area contributed by atoms with Crippen LogP contribution >= 0.6 is 34.2 Å². The fourth-order valence-electron chi connectivity index (χ4n) is 2.73. The number of hydrogen-bond donors (Lipinski definition) is 0. The van der Waals surface area contributed by atoms with E-state index in [0.29, 0.717) is 33.3 Å². The second kappa shape index (κ2) is 7.66. The summed E-state index contributed by atoms with van der Waals surface area (Å²) in [5.41, 5.74) is 0.435. The second-order valence-electron chi connectivity index (χ2n) is 5.74. The van der Waals surface area contributed by atoms with Crippen LogP contribution in [0.25, 0.3) is 16.7 Å². The Bertz CT molecular complexity index is 1180. The summed E-state index contributed by atoms with van der Waals surface area (Å²) in [6.45, 7) is 0.0803. The zero-order valence-electron chi connectivity index (χ0n) is 14.0. The molecule has 2 aromatic carbocycles. The van der Waals surface area contributed by atoms with E-state index < -0.39 is 0 Å². The highest BCUT2D eigenvalue weighted by atomic mass is 127. The topological polar surface area (TPSA) is 57.0 Å². The molecule has 0 saturated carbocycles. The Balaban J connectivity index is 1.86. The third kappa shape index (κ3) is 3.68. The molecule has 27 heavy (non-hydrogen) atoms. The Kier molecular flexibility index (Phi) is 5.09. The van der Waals surface area contributed by atoms with Gasteiger partial charge >= 0.3 is 0 Å². The number of para-hydroxylation sites is 1. The van der Waals surface area contributed by atoms with Crippen molar-refractivity contribution in [3.8, 4) is 11.6 Å². The Morgan fingerprint density at radius 1 is 1.07 bits per heavy atom. The average molecular weight is 490 g/mol. The average Bonchev–Trinajstić information content (AvgIpc) is 2.68. The van der Waals surface area contributed by atoms with E-state index in [0.717, 1.165) is 3.57 Å². The number of ether oxygens (including phenoxy) is 1. The van der Waals surface area contributed by atoms with Gasteiger partial charge in [0.15, 0.2) is 5.82 Å². The predicted octanol–water partition coefficient (Wildman–Crippen LogP) is 4.62. The van der Waals surface area contributed by atoms with E-state index >= 15 is 0 Å². The van der Waals surface area contributed by atoms with Crippen molar-refractivity contribution in [3.05, 3.63) is 91.6 Å². The minimum Gasteiger partial charge on any atom is -0.484 e. The van der Waals surface area contributed by atoms with Gasteiger partial charge in [0.25, 0.3) is 5.56 Å². The van der Waals surface area contributed by atoms with Crippen LogP contribution in [0.2, 0.25) is 5.02 Å². The highest BCUT2D eigenvalue weighted by Crippen LogP contribution is 2.24. The summed E-state index contributed by atoms with van der Waals surface area (Å²) < 4.78 is 8.31.